The van der Waals surface area contributed by atoms with Crippen LogP contribution < -0.4 is 5.32 Å². The van der Waals surface area contributed by atoms with Crippen LogP contribution in [0, 0.1) is 11.7 Å². The van der Waals surface area contributed by atoms with E-state index < -0.39 is 0 Å². The first-order chi connectivity index (χ1) is 9.15. The lowest BCUT2D eigenvalue weighted by Crippen LogP contribution is -2.25. The molecule has 1 aromatic carbocycles. The van der Waals surface area contributed by atoms with Crippen LogP contribution in [0.2, 0.25) is 0 Å². The Kier molecular flexibility index (Phi) is 5.34. The van der Waals surface area contributed by atoms with Crippen molar-refractivity contribution in [3.63, 3.8) is 0 Å². The molecule has 1 atom stereocenters. The van der Waals surface area contributed by atoms with Gasteiger partial charge in [0, 0.05) is 19.2 Å². The van der Waals surface area contributed by atoms with E-state index >= 15 is 0 Å². The smallest absolute Gasteiger partial charge is 0.123 e. The summed E-state index contributed by atoms with van der Waals surface area (Å²) in [7, 11) is 0. The molecule has 1 aliphatic rings. The maximum atomic E-state index is 13.0. The predicted molar refractivity (Wildman–Crippen MR) is 75.6 cm³/mol. The van der Waals surface area contributed by atoms with Crippen LogP contribution in [-0.2, 0) is 4.74 Å². The SMILES string of the molecule is CC(C)CCOC(CNC1CC1)c1ccc(F)cc1. The second-order valence-electron chi connectivity index (χ2n) is 5.78. The van der Waals surface area contributed by atoms with Gasteiger partial charge < -0.3 is 10.1 Å². The maximum absolute atomic E-state index is 13.0. The summed E-state index contributed by atoms with van der Waals surface area (Å²) in [5.74, 6) is 0.449. The lowest BCUT2D eigenvalue weighted by atomic mass is 10.1. The van der Waals surface area contributed by atoms with Crippen LogP contribution in [0.4, 0.5) is 4.39 Å². The van der Waals surface area contributed by atoms with Gasteiger partial charge in [0.15, 0.2) is 0 Å². The Morgan fingerprint density at radius 2 is 1.95 bits per heavy atom. The van der Waals surface area contributed by atoms with Crippen LogP contribution in [0.5, 0.6) is 0 Å². The topological polar surface area (TPSA) is 21.3 Å². The molecule has 0 amide bonds. The first-order valence-corrected chi connectivity index (χ1v) is 7.25. The summed E-state index contributed by atoms with van der Waals surface area (Å²) >= 11 is 0. The standard InChI is InChI=1S/C16H24FNO/c1-12(2)9-10-19-16(11-18-15-7-8-15)13-3-5-14(17)6-4-13/h3-6,12,15-16,18H,7-11H2,1-2H3. The van der Waals surface area contributed by atoms with Gasteiger partial charge in [0.05, 0.1) is 6.10 Å². The molecule has 0 aliphatic heterocycles. The minimum Gasteiger partial charge on any atom is -0.372 e. The molecule has 1 saturated carbocycles. The number of halogens is 1. The fraction of sp³-hybridized carbons (Fsp3) is 0.625. The molecule has 1 fully saturated rings. The van der Waals surface area contributed by atoms with Gasteiger partial charge in [0.2, 0.25) is 0 Å². The molecule has 1 aliphatic carbocycles. The second-order valence-corrected chi connectivity index (χ2v) is 5.78. The van der Waals surface area contributed by atoms with Gasteiger partial charge >= 0.3 is 0 Å². The zero-order valence-corrected chi connectivity index (χ0v) is 11.9. The number of rotatable bonds is 8. The Morgan fingerprint density at radius 1 is 1.26 bits per heavy atom. The normalized spacial score (nSPS) is 16.8. The first kappa shape index (κ1) is 14.5. The highest BCUT2D eigenvalue weighted by Gasteiger charge is 2.22. The largest absolute Gasteiger partial charge is 0.372 e. The van der Waals surface area contributed by atoms with Gasteiger partial charge in [-0.3, -0.25) is 0 Å². The third kappa shape index (κ3) is 5.29. The molecule has 1 aromatic rings. The highest BCUT2D eigenvalue weighted by Crippen LogP contribution is 2.22. The molecule has 1 unspecified atom stereocenters. The minimum absolute atomic E-state index is 0.0277. The summed E-state index contributed by atoms with van der Waals surface area (Å²) in [5.41, 5.74) is 1.05. The molecule has 2 rings (SSSR count). The monoisotopic (exact) mass is 265 g/mol. The van der Waals surface area contributed by atoms with Gasteiger partial charge in [-0.2, -0.15) is 0 Å². The molecule has 19 heavy (non-hydrogen) atoms. The third-order valence-corrected chi connectivity index (χ3v) is 3.43. The number of hydrogen-bond acceptors (Lipinski definition) is 2. The van der Waals surface area contributed by atoms with E-state index in [0.29, 0.717) is 12.0 Å². The lowest BCUT2D eigenvalue weighted by Gasteiger charge is -2.19. The van der Waals surface area contributed by atoms with E-state index in [4.69, 9.17) is 4.74 Å². The molecule has 0 radical (unpaired) electrons. The molecular formula is C16H24FNO. The molecule has 0 heterocycles. The van der Waals surface area contributed by atoms with Crippen molar-refractivity contribution in [2.45, 2.75) is 45.3 Å². The Bertz CT molecular complexity index is 373. The van der Waals surface area contributed by atoms with E-state index in [2.05, 4.69) is 19.2 Å². The summed E-state index contributed by atoms with van der Waals surface area (Å²) in [4.78, 5) is 0. The summed E-state index contributed by atoms with van der Waals surface area (Å²) in [5, 5.41) is 3.49. The molecule has 1 N–H and O–H groups in total. The highest BCUT2D eigenvalue weighted by atomic mass is 19.1. The van der Waals surface area contributed by atoms with E-state index in [-0.39, 0.29) is 11.9 Å². The molecule has 106 valence electrons. The second kappa shape index (κ2) is 7.01. The van der Waals surface area contributed by atoms with Crippen LogP contribution in [-0.4, -0.2) is 19.2 Å². The van der Waals surface area contributed by atoms with E-state index in [1.165, 1.54) is 25.0 Å². The van der Waals surface area contributed by atoms with Crippen molar-refractivity contribution < 1.29 is 9.13 Å². The number of benzene rings is 1. The Hall–Kier alpha value is -0.930. The van der Waals surface area contributed by atoms with Crippen molar-refractivity contribution in [1.29, 1.82) is 0 Å². The van der Waals surface area contributed by atoms with Gasteiger partial charge in [-0.05, 0) is 42.9 Å². The van der Waals surface area contributed by atoms with Gasteiger partial charge in [-0.15, -0.1) is 0 Å². The lowest BCUT2D eigenvalue weighted by molar-refractivity contribution is 0.0455. The van der Waals surface area contributed by atoms with Gasteiger partial charge in [-0.25, -0.2) is 4.39 Å². The van der Waals surface area contributed by atoms with Crippen LogP contribution in [0.3, 0.4) is 0 Å². The Labute approximate surface area is 115 Å². The molecular weight excluding hydrogens is 241 g/mol. The molecule has 0 aromatic heterocycles. The fourth-order valence-electron chi connectivity index (χ4n) is 1.96. The summed E-state index contributed by atoms with van der Waals surface area (Å²) < 4.78 is 18.9. The van der Waals surface area contributed by atoms with Gasteiger partial charge in [-0.1, -0.05) is 26.0 Å². The highest BCUT2D eigenvalue weighted by molar-refractivity contribution is 5.19. The Morgan fingerprint density at radius 3 is 2.53 bits per heavy atom. The third-order valence-electron chi connectivity index (χ3n) is 3.43. The van der Waals surface area contributed by atoms with E-state index in [0.717, 1.165) is 25.1 Å². The summed E-state index contributed by atoms with van der Waals surface area (Å²) in [6.07, 6.45) is 3.62. The maximum Gasteiger partial charge on any atom is 0.123 e. The fourth-order valence-corrected chi connectivity index (χ4v) is 1.96. The first-order valence-electron chi connectivity index (χ1n) is 7.25. The van der Waals surface area contributed by atoms with E-state index in [9.17, 15) is 4.39 Å². The molecule has 0 spiro atoms. The van der Waals surface area contributed by atoms with Crippen molar-refractivity contribution in [2.24, 2.45) is 5.92 Å². The minimum atomic E-state index is -0.195. The quantitative estimate of drug-likeness (QED) is 0.774. The van der Waals surface area contributed by atoms with Crippen LogP contribution in [0.25, 0.3) is 0 Å². The average molecular weight is 265 g/mol. The summed E-state index contributed by atoms with van der Waals surface area (Å²) in [6.45, 7) is 5.96. The predicted octanol–water partition coefficient (Wildman–Crippen LogP) is 3.68. The number of ether oxygens (including phenoxy) is 1. The molecule has 2 nitrogen and oxygen atoms in total. The summed E-state index contributed by atoms with van der Waals surface area (Å²) in [6, 6.07) is 7.32. The van der Waals surface area contributed by atoms with Crippen molar-refractivity contribution in [3.8, 4) is 0 Å². The number of hydrogen-bond donors (Lipinski definition) is 1. The van der Waals surface area contributed by atoms with Crippen LogP contribution in [0.1, 0.15) is 44.8 Å². The van der Waals surface area contributed by atoms with Crippen molar-refractivity contribution in [3.05, 3.63) is 35.6 Å². The average Bonchev–Trinajstić information content (AvgIpc) is 3.18. The van der Waals surface area contributed by atoms with E-state index in [1.807, 2.05) is 12.1 Å². The Balaban J connectivity index is 1.89. The molecule has 0 bridgehead atoms. The van der Waals surface area contributed by atoms with Gasteiger partial charge in [0.25, 0.3) is 0 Å². The van der Waals surface area contributed by atoms with Crippen LogP contribution >= 0.6 is 0 Å². The van der Waals surface area contributed by atoms with E-state index in [1.54, 1.807) is 0 Å². The van der Waals surface area contributed by atoms with Crippen LogP contribution in [0.15, 0.2) is 24.3 Å². The van der Waals surface area contributed by atoms with Crippen molar-refractivity contribution in [1.82, 2.24) is 5.32 Å². The zero-order valence-electron chi connectivity index (χ0n) is 11.9. The van der Waals surface area contributed by atoms with Crippen molar-refractivity contribution in [2.75, 3.05) is 13.2 Å². The molecule has 0 saturated heterocycles. The van der Waals surface area contributed by atoms with Crippen molar-refractivity contribution >= 4 is 0 Å². The molecule has 3 heteroatoms. The number of nitrogens with one attached hydrogen (secondary N) is 1. The zero-order chi connectivity index (χ0) is 13.7. The van der Waals surface area contributed by atoms with Gasteiger partial charge in [0.1, 0.15) is 5.82 Å².